The number of piperazine rings is 1. The van der Waals surface area contributed by atoms with Gasteiger partial charge in [0.25, 0.3) is 0 Å². The van der Waals surface area contributed by atoms with Gasteiger partial charge in [-0.3, -0.25) is 4.98 Å². The number of benzene rings is 1. The van der Waals surface area contributed by atoms with Crippen LogP contribution in [0.3, 0.4) is 0 Å². The number of quaternary nitrogens is 1. The number of anilines is 1. The molecule has 0 unspecified atom stereocenters. The van der Waals surface area contributed by atoms with Crippen molar-refractivity contribution in [3.8, 4) is 0 Å². The SMILES string of the molecule is Clc1ccc(N2CC[NH+](Cc3cccnc3)CC2)cc1. The number of nitrogens with zero attached hydrogens (tertiary/aromatic N) is 2. The topological polar surface area (TPSA) is 20.6 Å². The number of nitrogens with one attached hydrogen (secondary N) is 1. The molecule has 0 spiro atoms. The lowest BCUT2D eigenvalue weighted by atomic mass is 10.2. The molecule has 1 fully saturated rings. The molecule has 0 bridgehead atoms. The van der Waals surface area contributed by atoms with Gasteiger partial charge in [0.1, 0.15) is 6.54 Å². The van der Waals surface area contributed by atoms with E-state index in [2.05, 4.69) is 28.1 Å². The molecule has 2 aromatic rings. The maximum atomic E-state index is 5.94. The van der Waals surface area contributed by atoms with E-state index in [1.54, 1.807) is 4.90 Å². The van der Waals surface area contributed by atoms with Crippen molar-refractivity contribution >= 4 is 17.3 Å². The van der Waals surface area contributed by atoms with Gasteiger partial charge in [-0.2, -0.15) is 0 Å². The smallest absolute Gasteiger partial charge is 0.104 e. The molecule has 2 heterocycles. The Kier molecular flexibility index (Phi) is 4.19. The molecule has 20 heavy (non-hydrogen) atoms. The molecule has 1 aliphatic rings. The molecule has 1 aromatic heterocycles. The van der Waals surface area contributed by atoms with E-state index in [1.807, 2.05) is 30.6 Å². The van der Waals surface area contributed by atoms with Crippen molar-refractivity contribution in [3.63, 3.8) is 0 Å². The fourth-order valence-electron chi connectivity index (χ4n) is 2.70. The summed E-state index contributed by atoms with van der Waals surface area (Å²) in [6.07, 6.45) is 3.80. The van der Waals surface area contributed by atoms with Crippen LogP contribution in [-0.2, 0) is 6.54 Å². The number of aromatic nitrogens is 1. The van der Waals surface area contributed by atoms with Crippen LogP contribution in [-0.4, -0.2) is 31.2 Å². The second kappa shape index (κ2) is 6.25. The molecule has 1 N–H and O–H groups in total. The molecule has 1 saturated heterocycles. The molecule has 0 aliphatic carbocycles. The zero-order valence-corrected chi connectivity index (χ0v) is 12.2. The summed E-state index contributed by atoms with van der Waals surface area (Å²) in [6.45, 7) is 5.59. The molecule has 1 aromatic carbocycles. The predicted molar refractivity (Wildman–Crippen MR) is 82.3 cm³/mol. The Hall–Kier alpha value is -1.58. The van der Waals surface area contributed by atoms with Gasteiger partial charge in [0.15, 0.2) is 0 Å². The Labute approximate surface area is 124 Å². The van der Waals surface area contributed by atoms with E-state index < -0.39 is 0 Å². The second-order valence-electron chi connectivity index (χ2n) is 5.25. The van der Waals surface area contributed by atoms with E-state index in [1.165, 1.54) is 11.3 Å². The van der Waals surface area contributed by atoms with Crippen LogP contribution in [0.15, 0.2) is 48.8 Å². The van der Waals surface area contributed by atoms with E-state index in [4.69, 9.17) is 11.6 Å². The number of rotatable bonds is 3. The summed E-state index contributed by atoms with van der Waals surface area (Å²) in [4.78, 5) is 8.25. The first-order chi connectivity index (χ1) is 9.81. The van der Waals surface area contributed by atoms with Crippen molar-refractivity contribution in [1.82, 2.24) is 4.98 Å². The van der Waals surface area contributed by atoms with Crippen molar-refractivity contribution in [2.24, 2.45) is 0 Å². The summed E-state index contributed by atoms with van der Waals surface area (Å²) in [5.41, 5.74) is 2.59. The van der Waals surface area contributed by atoms with Gasteiger partial charge < -0.3 is 9.80 Å². The molecule has 4 heteroatoms. The molecule has 0 radical (unpaired) electrons. The van der Waals surface area contributed by atoms with E-state index in [0.717, 1.165) is 37.7 Å². The third-order valence-electron chi connectivity index (χ3n) is 3.84. The largest absolute Gasteiger partial charge is 0.360 e. The van der Waals surface area contributed by atoms with Crippen LogP contribution in [0.2, 0.25) is 5.02 Å². The zero-order chi connectivity index (χ0) is 13.8. The van der Waals surface area contributed by atoms with E-state index in [0.29, 0.717) is 0 Å². The van der Waals surface area contributed by atoms with Crippen LogP contribution in [0.1, 0.15) is 5.56 Å². The van der Waals surface area contributed by atoms with Crippen molar-refractivity contribution in [3.05, 3.63) is 59.4 Å². The molecule has 1 aliphatic heterocycles. The molecule has 0 saturated carbocycles. The van der Waals surface area contributed by atoms with E-state index >= 15 is 0 Å². The molecule has 3 rings (SSSR count). The normalized spacial score (nSPS) is 16.4. The predicted octanol–water partition coefficient (Wildman–Crippen LogP) is 1.64. The van der Waals surface area contributed by atoms with Gasteiger partial charge in [-0.05, 0) is 30.3 Å². The average Bonchev–Trinajstić information content (AvgIpc) is 2.50. The van der Waals surface area contributed by atoms with E-state index in [-0.39, 0.29) is 0 Å². The Bertz CT molecular complexity index is 533. The molecule has 104 valence electrons. The number of pyridine rings is 1. The monoisotopic (exact) mass is 288 g/mol. The Morgan fingerprint density at radius 2 is 1.85 bits per heavy atom. The summed E-state index contributed by atoms with van der Waals surface area (Å²) < 4.78 is 0. The lowest BCUT2D eigenvalue weighted by molar-refractivity contribution is -0.914. The molecule has 0 amide bonds. The van der Waals surface area contributed by atoms with Crippen molar-refractivity contribution < 1.29 is 4.90 Å². The summed E-state index contributed by atoms with van der Waals surface area (Å²) in [5.74, 6) is 0. The lowest BCUT2D eigenvalue weighted by Gasteiger charge is -2.33. The Balaban J connectivity index is 1.55. The third-order valence-corrected chi connectivity index (χ3v) is 4.09. The number of hydrogen-bond donors (Lipinski definition) is 1. The fraction of sp³-hybridized carbons (Fsp3) is 0.312. The van der Waals surface area contributed by atoms with Gasteiger partial charge in [0.2, 0.25) is 0 Å². The average molecular weight is 289 g/mol. The second-order valence-corrected chi connectivity index (χ2v) is 5.69. The van der Waals surface area contributed by atoms with Crippen molar-refractivity contribution in [1.29, 1.82) is 0 Å². The Morgan fingerprint density at radius 3 is 2.50 bits per heavy atom. The molecular weight excluding hydrogens is 270 g/mol. The standard InChI is InChI=1S/C16H18ClN3/c17-15-3-5-16(6-4-15)20-10-8-19(9-11-20)13-14-2-1-7-18-12-14/h1-7,12H,8-11,13H2/p+1. The van der Waals surface area contributed by atoms with Gasteiger partial charge >= 0.3 is 0 Å². The molecule has 0 atom stereocenters. The van der Waals surface area contributed by atoms with Gasteiger partial charge in [-0.15, -0.1) is 0 Å². The van der Waals surface area contributed by atoms with Crippen molar-refractivity contribution in [2.75, 3.05) is 31.1 Å². The summed E-state index contributed by atoms with van der Waals surface area (Å²) in [7, 11) is 0. The number of hydrogen-bond acceptors (Lipinski definition) is 2. The van der Waals surface area contributed by atoms with Crippen LogP contribution < -0.4 is 9.80 Å². The first-order valence-electron chi connectivity index (χ1n) is 7.04. The van der Waals surface area contributed by atoms with Gasteiger partial charge in [-0.25, -0.2) is 0 Å². The van der Waals surface area contributed by atoms with Crippen LogP contribution in [0, 0.1) is 0 Å². The maximum absolute atomic E-state index is 5.94. The minimum Gasteiger partial charge on any atom is -0.360 e. The molecule has 3 nitrogen and oxygen atoms in total. The van der Waals surface area contributed by atoms with E-state index in [9.17, 15) is 0 Å². The van der Waals surface area contributed by atoms with Crippen LogP contribution in [0.4, 0.5) is 5.69 Å². The summed E-state index contributed by atoms with van der Waals surface area (Å²) in [6, 6.07) is 12.3. The third kappa shape index (κ3) is 3.30. The maximum Gasteiger partial charge on any atom is 0.104 e. The first-order valence-corrected chi connectivity index (χ1v) is 7.42. The highest BCUT2D eigenvalue weighted by Gasteiger charge is 2.20. The van der Waals surface area contributed by atoms with Crippen LogP contribution in [0.5, 0.6) is 0 Å². The summed E-state index contributed by atoms with van der Waals surface area (Å²) >= 11 is 5.94. The quantitative estimate of drug-likeness (QED) is 0.927. The first kappa shape index (κ1) is 13.4. The van der Waals surface area contributed by atoms with Crippen LogP contribution in [0.25, 0.3) is 0 Å². The summed E-state index contributed by atoms with van der Waals surface area (Å²) in [5, 5.41) is 0.801. The van der Waals surface area contributed by atoms with Crippen molar-refractivity contribution in [2.45, 2.75) is 6.54 Å². The minimum atomic E-state index is 0.801. The zero-order valence-electron chi connectivity index (χ0n) is 11.4. The highest BCUT2D eigenvalue weighted by molar-refractivity contribution is 6.30. The van der Waals surface area contributed by atoms with Gasteiger partial charge in [-0.1, -0.05) is 17.7 Å². The lowest BCUT2D eigenvalue weighted by Crippen LogP contribution is -3.13. The fourth-order valence-corrected chi connectivity index (χ4v) is 2.83. The number of halogens is 1. The highest BCUT2D eigenvalue weighted by atomic mass is 35.5. The molecular formula is C16H19ClN3+. The van der Waals surface area contributed by atoms with Gasteiger partial charge in [0.05, 0.1) is 26.2 Å². The highest BCUT2D eigenvalue weighted by Crippen LogP contribution is 2.17. The minimum absolute atomic E-state index is 0.801. The Morgan fingerprint density at radius 1 is 1.10 bits per heavy atom. The van der Waals surface area contributed by atoms with Gasteiger partial charge in [0, 0.05) is 28.7 Å². The van der Waals surface area contributed by atoms with Crippen LogP contribution >= 0.6 is 11.6 Å².